The van der Waals surface area contributed by atoms with Crippen LogP contribution in [-0.4, -0.2) is 29.1 Å². The summed E-state index contributed by atoms with van der Waals surface area (Å²) in [6, 6.07) is 15.4. The number of hydrogen-bond acceptors (Lipinski definition) is 4. The van der Waals surface area contributed by atoms with Crippen LogP contribution in [0.5, 0.6) is 5.75 Å². The van der Waals surface area contributed by atoms with E-state index in [4.69, 9.17) is 4.42 Å². The minimum Gasteiger partial charge on any atom is -0.508 e. The Morgan fingerprint density at radius 2 is 1.96 bits per heavy atom. The molecule has 0 aliphatic heterocycles. The van der Waals surface area contributed by atoms with Gasteiger partial charge in [-0.1, -0.05) is 29.8 Å². The summed E-state index contributed by atoms with van der Waals surface area (Å²) >= 11 is 0. The number of aliphatic imine (C=N–C) groups is 1. The molecule has 6 heteroatoms. The van der Waals surface area contributed by atoms with Gasteiger partial charge >= 0.3 is 0 Å². The van der Waals surface area contributed by atoms with Crippen molar-refractivity contribution in [2.75, 3.05) is 13.1 Å². The van der Waals surface area contributed by atoms with Crippen molar-refractivity contribution in [2.24, 2.45) is 4.99 Å². The lowest BCUT2D eigenvalue weighted by Crippen LogP contribution is -2.38. The number of guanidine groups is 1. The Balaban J connectivity index is 1.57. The Bertz CT molecular complexity index is 916. The summed E-state index contributed by atoms with van der Waals surface area (Å²) in [5.74, 6) is 1.61. The minimum atomic E-state index is 0.286. The van der Waals surface area contributed by atoms with Gasteiger partial charge in [-0.3, -0.25) is 0 Å². The number of phenols is 1. The van der Waals surface area contributed by atoms with E-state index in [9.17, 15) is 5.11 Å². The zero-order valence-corrected chi connectivity index (χ0v) is 16.3. The lowest BCUT2D eigenvalue weighted by Gasteiger charge is -2.11. The monoisotopic (exact) mass is 378 g/mol. The van der Waals surface area contributed by atoms with E-state index < -0.39 is 0 Å². The van der Waals surface area contributed by atoms with Gasteiger partial charge in [0, 0.05) is 18.7 Å². The summed E-state index contributed by atoms with van der Waals surface area (Å²) in [6.07, 6.45) is 2.44. The molecule has 0 aliphatic rings. The fraction of sp³-hybridized carbons (Fsp3) is 0.273. The van der Waals surface area contributed by atoms with Gasteiger partial charge in [-0.15, -0.1) is 0 Å². The number of phenolic OH excluding ortho intramolecular Hbond substituents is 1. The van der Waals surface area contributed by atoms with E-state index >= 15 is 0 Å². The van der Waals surface area contributed by atoms with Crippen LogP contribution in [0.25, 0.3) is 11.5 Å². The predicted molar refractivity (Wildman–Crippen MR) is 111 cm³/mol. The van der Waals surface area contributed by atoms with Crippen LogP contribution in [0.15, 0.2) is 64.2 Å². The van der Waals surface area contributed by atoms with E-state index in [2.05, 4.69) is 27.5 Å². The number of aryl methyl sites for hydroxylation is 1. The normalized spacial score (nSPS) is 11.4. The molecule has 0 amide bonds. The van der Waals surface area contributed by atoms with Gasteiger partial charge in [0.1, 0.15) is 17.7 Å². The molecule has 28 heavy (non-hydrogen) atoms. The van der Waals surface area contributed by atoms with Crippen LogP contribution < -0.4 is 10.6 Å². The lowest BCUT2D eigenvalue weighted by molar-refractivity contribution is 0.474. The van der Waals surface area contributed by atoms with Crippen LogP contribution in [0.3, 0.4) is 0 Å². The SMILES string of the molecule is CCNC(=NCc1coc(-c2ccc(C)cc2)n1)NCCc1cccc(O)c1. The van der Waals surface area contributed by atoms with Gasteiger partial charge in [0.05, 0.1) is 6.54 Å². The predicted octanol–water partition coefficient (Wildman–Crippen LogP) is 3.65. The number of aromatic hydroxyl groups is 1. The summed E-state index contributed by atoms with van der Waals surface area (Å²) in [7, 11) is 0. The molecule has 3 N–H and O–H groups in total. The number of hydrogen-bond donors (Lipinski definition) is 3. The lowest BCUT2D eigenvalue weighted by atomic mass is 10.1. The number of nitrogens with one attached hydrogen (secondary N) is 2. The highest BCUT2D eigenvalue weighted by atomic mass is 16.3. The third-order valence-electron chi connectivity index (χ3n) is 4.21. The highest BCUT2D eigenvalue weighted by molar-refractivity contribution is 5.79. The molecule has 2 aromatic carbocycles. The van der Waals surface area contributed by atoms with Crippen LogP contribution in [-0.2, 0) is 13.0 Å². The maximum atomic E-state index is 9.54. The van der Waals surface area contributed by atoms with Crippen LogP contribution >= 0.6 is 0 Å². The molecule has 1 heterocycles. The summed E-state index contributed by atoms with van der Waals surface area (Å²) in [5, 5.41) is 16.1. The first kappa shape index (κ1) is 19.5. The second kappa shape index (κ2) is 9.60. The molecule has 0 fully saturated rings. The number of oxazole rings is 1. The Morgan fingerprint density at radius 1 is 1.14 bits per heavy atom. The van der Waals surface area contributed by atoms with Gasteiger partial charge in [0.25, 0.3) is 0 Å². The quantitative estimate of drug-likeness (QED) is 0.432. The zero-order chi connectivity index (χ0) is 19.8. The molecule has 6 nitrogen and oxygen atoms in total. The van der Waals surface area contributed by atoms with Crippen molar-refractivity contribution in [3.8, 4) is 17.2 Å². The summed E-state index contributed by atoms with van der Waals surface area (Å²) in [5.41, 5.74) is 4.01. The van der Waals surface area contributed by atoms with E-state index in [1.165, 1.54) is 5.56 Å². The van der Waals surface area contributed by atoms with Crippen molar-refractivity contribution < 1.29 is 9.52 Å². The molecule has 1 aromatic heterocycles. The smallest absolute Gasteiger partial charge is 0.226 e. The molecular weight excluding hydrogens is 352 g/mol. The maximum absolute atomic E-state index is 9.54. The van der Waals surface area contributed by atoms with E-state index in [1.807, 2.05) is 43.3 Å². The molecule has 0 spiro atoms. The van der Waals surface area contributed by atoms with Gasteiger partial charge in [-0.2, -0.15) is 0 Å². The van der Waals surface area contributed by atoms with E-state index in [0.717, 1.165) is 35.7 Å². The van der Waals surface area contributed by atoms with Crippen molar-refractivity contribution in [1.82, 2.24) is 15.6 Å². The zero-order valence-electron chi connectivity index (χ0n) is 16.3. The number of rotatable bonds is 7. The maximum Gasteiger partial charge on any atom is 0.226 e. The van der Waals surface area contributed by atoms with Crippen molar-refractivity contribution >= 4 is 5.96 Å². The summed E-state index contributed by atoms with van der Waals surface area (Å²) < 4.78 is 5.59. The van der Waals surface area contributed by atoms with Crippen LogP contribution in [0.1, 0.15) is 23.7 Å². The van der Waals surface area contributed by atoms with Gasteiger partial charge in [-0.05, 0) is 50.1 Å². The number of aromatic nitrogens is 1. The Kier molecular flexibility index (Phi) is 6.68. The largest absolute Gasteiger partial charge is 0.508 e. The fourth-order valence-corrected chi connectivity index (χ4v) is 2.75. The van der Waals surface area contributed by atoms with Gasteiger partial charge < -0.3 is 20.2 Å². The highest BCUT2D eigenvalue weighted by Gasteiger charge is 2.07. The average Bonchev–Trinajstić information content (AvgIpc) is 3.16. The third-order valence-corrected chi connectivity index (χ3v) is 4.21. The molecule has 0 unspecified atom stereocenters. The van der Waals surface area contributed by atoms with Gasteiger partial charge in [0.15, 0.2) is 5.96 Å². The van der Waals surface area contributed by atoms with Gasteiger partial charge in [0.2, 0.25) is 5.89 Å². The van der Waals surface area contributed by atoms with E-state index in [-0.39, 0.29) is 5.75 Å². The Morgan fingerprint density at radius 3 is 2.71 bits per heavy atom. The molecule has 0 saturated carbocycles. The standard InChI is InChI=1S/C22H26N4O2/c1-3-23-22(24-12-11-17-5-4-6-20(27)13-17)25-14-19-15-28-21(26-19)18-9-7-16(2)8-10-18/h4-10,13,15,27H,3,11-12,14H2,1-2H3,(H2,23,24,25). The molecule has 0 saturated heterocycles. The first-order chi connectivity index (χ1) is 13.6. The molecule has 3 aromatic rings. The molecule has 3 rings (SSSR count). The first-order valence-electron chi connectivity index (χ1n) is 9.45. The van der Waals surface area contributed by atoms with Crippen molar-refractivity contribution in [3.05, 3.63) is 71.6 Å². The van der Waals surface area contributed by atoms with E-state index in [0.29, 0.717) is 19.0 Å². The minimum absolute atomic E-state index is 0.286. The molecule has 0 atom stereocenters. The highest BCUT2D eigenvalue weighted by Crippen LogP contribution is 2.19. The molecule has 0 bridgehead atoms. The fourth-order valence-electron chi connectivity index (χ4n) is 2.75. The summed E-state index contributed by atoms with van der Waals surface area (Å²) in [6.45, 7) is 5.98. The molecule has 0 radical (unpaired) electrons. The average molecular weight is 378 g/mol. The van der Waals surface area contributed by atoms with Crippen LogP contribution in [0, 0.1) is 6.92 Å². The second-order valence-corrected chi connectivity index (χ2v) is 6.55. The topological polar surface area (TPSA) is 82.7 Å². The molecule has 0 aliphatic carbocycles. The Hall–Kier alpha value is -3.28. The van der Waals surface area contributed by atoms with Crippen molar-refractivity contribution in [3.63, 3.8) is 0 Å². The van der Waals surface area contributed by atoms with Crippen molar-refractivity contribution in [1.29, 1.82) is 0 Å². The second-order valence-electron chi connectivity index (χ2n) is 6.55. The molecule has 146 valence electrons. The number of nitrogens with zero attached hydrogens (tertiary/aromatic N) is 2. The summed E-state index contributed by atoms with van der Waals surface area (Å²) in [4.78, 5) is 9.10. The van der Waals surface area contributed by atoms with Crippen LogP contribution in [0.2, 0.25) is 0 Å². The Labute approximate surface area is 165 Å². The third kappa shape index (κ3) is 5.61. The van der Waals surface area contributed by atoms with Crippen LogP contribution in [0.4, 0.5) is 0 Å². The van der Waals surface area contributed by atoms with Crippen molar-refractivity contribution in [2.45, 2.75) is 26.8 Å². The molecular formula is C22H26N4O2. The van der Waals surface area contributed by atoms with E-state index in [1.54, 1.807) is 18.4 Å². The number of benzene rings is 2. The first-order valence-corrected chi connectivity index (χ1v) is 9.45. The van der Waals surface area contributed by atoms with Gasteiger partial charge in [-0.25, -0.2) is 9.98 Å².